The van der Waals surface area contributed by atoms with Crippen LogP contribution in [0.15, 0.2) is 16.7 Å². The number of aromatic nitrogens is 3. The molecule has 0 spiro atoms. The van der Waals surface area contributed by atoms with Gasteiger partial charge in [-0.1, -0.05) is 5.16 Å². The molecule has 0 aliphatic heterocycles. The molecule has 0 bridgehead atoms. The molecule has 0 saturated carbocycles. The maximum absolute atomic E-state index is 12.6. The molecule has 0 amide bonds. The lowest BCUT2D eigenvalue weighted by Gasteiger charge is -2.10. The first-order valence-corrected chi connectivity index (χ1v) is 5.68. The second-order valence-corrected chi connectivity index (χ2v) is 4.00. The molecule has 6 nitrogen and oxygen atoms in total. The van der Waals surface area contributed by atoms with Crippen molar-refractivity contribution in [1.29, 1.82) is 0 Å². The number of anilines is 2. The highest BCUT2D eigenvalue weighted by molar-refractivity contribution is 5.47. The number of rotatable bonds is 4. The van der Waals surface area contributed by atoms with Gasteiger partial charge in [0.1, 0.15) is 11.6 Å². The van der Waals surface area contributed by atoms with Gasteiger partial charge in [0.15, 0.2) is 5.76 Å². The van der Waals surface area contributed by atoms with E-state index >= 15 is 0 Å². The van der Waals surface area contributed by atoms with Crippen LogP contribution >= 0.6 is 0 Å². The van der Waals surface area contributed by atoms with Gasteiger partial charge in [0, 0.05) is 19.2 Å². The fourth-order valence-electron chi connectivity index (χ4n) is 1.47. The minimum atomic E-state index is -4.61. The molecule has 2 aromatic rings. The second kappa shape index (κ2) is 5.35. The van der Waals surface area contributed by atoms with Gasteiger partial charge in [-0.25, -0.2) is 9.97 Å². The van der Waals surface area contributed by atoms with Crippen LogP contribution in [-0.2, 0) is 12.7 Å². The third-order valence-corrected chi connectivity index (χ3v) is 2.36. The molecule has 0 atom stereocenters. The molecule has 2 rings (SSSR count). The number of nitrogens with zero attached hydrogens (tertiary/aromatic N) is 3. The van der Waals surface area contributed by atoms with Crippen molar-refractivity contribution in [2.75, 3.05) is 17.7 Å². The predicted octanol–water partition coefficient (Wildman–Crippen LogP) is 2.45. The third-order valence-electron chi connectivity index (χ3n) is 2.36. The normalized spacial score (nSPS) is 11.4. The van der Waals surface area contributed by atoms with Crippen LogP contribution in [0.5, 0.6) is 0 Å². The number of halogens is 3. The van der Waals surface area contributed by atoms with Crippen molar-refractivity contribution in [2.45, 2.75) is 19.6 Å². The minimum absolute atomic E-state index is 0.0470. The van der Waals surface area contributed by atoms with Gasteiger partial charge >= 0.3 is 6.18 Å². The van der Waals surface area contributed by atoms with Crippen LogP contribution in [-0.4, -0.2) is 22.2 Å². The summed E-state index contributed by atoms with van der Waals surface area (Å²) in [5, 5.41) is 8.97. The molecule has 20 heavy (non-hydrogen) atoms. The molecule has 0 aliphatic carbocycles. The highest BCUT2D eigenvalue weighted by atomic mass is 19.4. The van der Waals surface area contributed by atoms with E-state index in [1.54, 1.807) is 13.0 Å². The molecule has 0 aliphatic rings. The van der Waals surface area contributed by atoms with Crippen LogP contribution in [0.1, 0.15) is 17.3 Å². The monoisotopic (exact) mass is 287 g/mol. The Kier molecular flexibility index (Phi) is 3.77. The lowest BCUT2D eigenvalue weighted by molar-refractivity contribution is -0.144. The summed E-state index contributed by atoms with van der Waals surface area (Å²) in [5.74, 6) is -0.587. The van der Waals surface area contributed by atoms with Gasteiger partial charge in [0.05, 0.1) is 12.2 Å². The molecule has 2 heterocycles. The van der Waals surface area contributed by atoms with Crippen molar-refractivity contribution >= 4 is 11.6 Å². The number of aryl methyl sites for hydroxylation is 1. The number of nitrogens with one attached hydrogen (secondary N) is 2. The van der Waals surface area contributed by atoms with Crippen LogP contribution in [0.25, 0.3) is 0 Å². The van der Waals surface area contributed by atoms with E-state index in [4.69, 9.17) is 4.52 Å². The van der Waals surface area contributed by atoms with Crippen LogP contribution < -0.4 is 10.6 Å². The maximum atomic E-state index is 12.6. The Balaban J connectivity index is 2.18. The Bertz CT molecular complexity index is 596. The molecule has 0 saturated heterocycles. The number of hydrogen-bond donors (Lipinski definition) is 2. The average molecular weight is 287 g/mol. The average Bonchev–Trinajstić information content (AvgIpc) is 2.81. The van der Waals surface area contributed by atoms with Crippen LogP contribution in [0.3, 0.4) is 0 Å². The van der Waals surface area contributed by atoms with Crippen molar-refractivity contribution in [2.24, 2.45) is 0 Å². The predicted molar refractivity (Wildman–Crippen MR) is 65.1 cm³/mol. The van der Waals surface area contributed by atoms with Gasteiger partial charge in [-0.05, 0) is 6.92 Å². The molecular formula is C11H12F3N5O. The van der Waals surface area contributed by atoms with Gasteiger partial charge in [-0.2, -0.15) is 13.2 Å². The maximum Gasteiger partial charge on any atom is 0.451 e. The lowest BCUT2D eigenvalue weighted by atomic mass is 10.4. The Labute approximate surface area is 112 Å². The molecule has 0 radical (unpaired) electrons. The van der Waals surface area contributed by atoms with Crippen molar-refractivity contribution in [1.82, 2.24) is 15.1 Å². The first-order chi connectivity index (χ1) is 9.38. The Morgan fingerprint density at radius 1 is 1.20 bits per heavy atom. The quantitative estimate of drug-likeness (QED) is 0.899. The zero-order valence-corrected chi connectivity index (χ0v) is 10.7. The summed E-state index contributed by atoms with van der Waals surface area (Å²) in [6, 6.07) is 3.05. The van der Waals surface area contributed by atoms with E-state index < -0.39 is 12.0 Å². The first-order valence-electron chi connectivity index (χ1n) is 5.68. The fourth-order valence-corrected chi connectivity index (χ4v) is 1.47. The van der Waals surface area contributed by atoms with Crippen molar-refractivity contribution in [3.05, 3.63) is 29.4 Å². The minimum Gasteiger partial charge on any atom is -0.373 e. The summed E-state index contributed by atoms with van der Waals surface area (Å²) in [4.78, 5) is 6.78. The van der Waals surface area contributed by atoms with E-state index in [1.807, 2.05) is 0 Å². The molecule has 2 aromatic heterocycles. The second-order valence-electron chi connectivity index (χ2n) is 4.00. The molecule has 0 fully saturated rings. The fraction of sp³-hybridized carbons (Fsp3) is 0.364. The standard InChI is InChI=1S/C11H12F3N5O/c1-6-3-7(20-19-6)5-16-9-4-8(15-2)17-10(18-9)11(12,13)14/h3-4H,5H2,1-2H3,(H2,15,16,17,18). The molecule has 0 aromatic carbocycles. The van der Waals surface area contributed by atoms with Crippen molar-refractivity contribution < 1.29 is 17.7 Å². The third kappa shape index (κ3) is 3.37. The van der Waals surface area contributed by atoms with Gasteiger partial charge in [0.2, 0.25) is 5.82 Å². The lowest BCUT2D eigenvalue weighted by Crippen LogP contribution is -2.14. The summed E-state index contributed by atoms with van der Waals surface area (Å²) in [5.41, 5.74) is 0.691. The summed E-state index contributed by atoms with van der Waals surface area (Å²) in [6.07, 6.45) is -4.61. The zero-order valence-electron chi connectivity index (χ0n) is 10.7. The highest BCUT2D eigenvalue weighted by Gasteiger charge is 2.35. The summed E-state index contributed by atoms with van der Waals surface area (Å²) in [7, 11) is 1.48. The summed E-state index contributed by atoms with van der Waals surface area (Å²) < 4.78 is 42.9. The van der Waals surface area contributed by atoms with Gasteiger partial charge in [-0.3, -0.25) is 0 Å². The molecule has 108 valence electrons. The van der Waals surface area contributed by atoms with Crippen LogP contribution in [0, 0.1) is 6.92 Å². The molecule has 0 unspecified atom stereocenters. The smallest absolute Gasteiger partial charge is 0.373 e. The van der Waals surface area contributed by atoms with Crippen LogP contribution in [0.2, 0.25) is 0 Å². The van der Waals surface area contributed by atoms with E-state index in [-0.39, 0.29) is 18.2 Å². The number of hydrogen-bond acceptors (Lipinski definition) is 6. The number of alkyl halides is 3. The molecule has 9 heteroatoms. The SMILES string of the molecule is CNc1cc(NCc2cc(C)no2)nc(C(F)(F)F)n1. The van der Waals surface area contributed by atoms with E-state index in [1.165, 1.54) is 13.1 Å². The Hall–Kier alpha value is -2.32. The topological polar surface area (TPSA) is 75.9 Å². The van der Waals surface area contributed by atoms with E-state index in [9.17, 15) is 13.2 Å². The van der Waals surface area contributed by atoms with Gasteiger partial charge in [-0.15, -0.1) is 0 Å². The van der Waals surface area contributed by atoms with Crippen molar-refractivity contribution in [3.8, 4) is 0 Å². The largest absolute Gasteiger partial charge is 0.451 e. The van der Waals surface area contributed by atoms with E-state index in [0.29, 0.717) is 11.5 Å². The summed E-state index contributed by atoms with van der Waals surface area (Å²) >= 11 is 0. The van der Waals surface area contributed by atoms with Gasteiger partial charge in [0.25, 0.3) is 0 Å². The van der Waals surface area contributed by atoms with E-state index in [2.05, 4.69) is 25.8 Å². The molecular weight excluding hydrogens is 275 g/mol. The first kappa shape index (κ1) is 14.1. The zero-order chi connectivity index (χ0) is 14.8. The van der Waals surface area contributed by atoms with Crippen LogP contribution in [0.4, 0.5) is 24.8 Å². The Morgan fingerprint density at radius 2 is 1.90 bits per heavy atom. The van der Waals surface area contributed by atoms with E-state index in [0.717, 1.165) is 0 Å². The van der Waals surface area contributed by atoms with Crippen molar-refractivity contribution in [3.63, 3.8) is 0 Å². The highest BCUT2D eigenvalue weighted by Crippen LogP contribution is 2.28. The summed E-state index contributed by atoms with van der Waals surface area (Å²) in [6.45, 7) is 1.93. The van der Waals surface area contributed by atoms with Gasteiger partial charge < -0.3 is 15.2 Å². The Morgan fingerprint density at radius 3 is 2.45 bits per heavy atom. The molecule has 2 N–H and O–H groups in total.